The molecule has 2 aromatic carbocycles. The summed E-state index contributed by atoms with van der Waals surface area (Å²) in [6, 6.07) is 8.87. The van der Waals surface area contributed by atoms with E-state index in [1.54, 1.807) is 19.1 Å². The number of hydrogen-bond donors (Lipinski definition) is 2. The van der Waals surface area contributed by atoms with Crippen molar-refractivity contribution in [2.45, 2.75) is 44.8 Å². The molecule has 1 aliphatic carbocycles. The number of aliphatic imine (C=N–C) groups is 1. The van der Waals surface area contributed by atoms with E-state index < -0.39 is 23.6 Å². The van der Waals surface area contributed by atoms with Crippen molar-refractivity contribution in [3.8, 4) is 0 Å². The number of carbonyl (C=O) groups is 1. The molecule has 0 radical (unpaired) electrons. The summed E-state index contributed by atoms with van der Waals surface area (Å²) in [6.07, 6.45) is -1.67. The van der Waals surface area contributed by atoms with E-state index in [1.165, 1.54) is 16.8 Å². The van der Waals surface area contributed by atoms with Crippen LogP contribution in [0.5, 0.6) is 0 Å². The molecular formula is C24H21Cl2F4N5O. The van der Waals surface area contributed by atoms with Crippen LogP contribution in [0.15, 0.2) is 47.5 Å². The highest BCUT2D eigenvalue weighted by atomic mass is 35.5. The van der Waals surface area contributed by atoms with Gasteiger partial charge in [-0.2, -0.15) is 23.3 Å². The van der Waals surface area contributed by atoms with Gasteiger partial charge in [0.2, 0.25) is 5.96 Å². The topological polar surface area (TPSA) is 71.3 Å². The fourth-order valence-corrected chi connectivity index (χ4v) is 4.41. The Labute approximate surface area is 214 Å². The van der Waals surface area contributed by atoms with Crippen LogP contribution in [0.25, 0.3) is 0 Å². The summed E-state index contributed by atoms with van der Waals surface area (Å²) in [5.74, 6) is -1.63. The van der Waals surface area contributed by atoms with Crippen LogP contribution in [0.3, 0.4) is 0 Å². The molecular weight excluding hydrogens is 521 g/mol. The second kappa shape index (κ2) is 10.5. The fourth-order valence-electron chi connectivity index (χ4n) is 4.02. The van der Waals surface area contributed by atoms with Crippen molar-refractivity contribution in [1.29, 1.82) is 0 Å². The fraction of sp³-hybridized carbons (Fsp3) is 0.292. The van der Waals surface area contributed by atoms with E-state index in [9.17, 15) is 22.4 Å². The van der Waals surface area contributed by atoms with Crippen molar-refractivity contribution >= 4 is 46.6 Å². The van der Waals surface area contributed by atoms with E-state index in [0.29, 0.717) is 23.4 Å². The number of benzene rings is 2. The van der Waals surface area contributed by atoms with E-state index in [-0.39, 0.29) is 34.1 Å². The lowest BCUT2D eigenvalue weighted by atomic mass is 10.1. The molecule has 190 valence electrons. The molecule has 2 N–H and O–H groups in total. The quantitative estimate of drug-likeness (QED) is 0.207. The number of guanidine groups is 1. The molecule has 12 heteroatoms. The van der Waals surface area contributed by atoms with Gasteiger partial charge in [-0.1, -0.05) is 42.1 Å². The molecule has 1 saturated carbocycles. The average Bonchev–Trinajstić information content (AvgIpc) is 3.44. The summed E-state index contributed by atoms with van der Waals surface area (Å²) < 4.78 is 55.6. The van der Waals surface area contributed by atoms with Gasteiger partial charge in [-0.15, -0.1) is 0 Å². The van der Waals surface area contributed by atoms with Crippen molar-refractivity contribution in [1.82, 2.24) is 15.1 Å². The van der Waals surface area contributed by atoms with E-state index in [4.69, 9.17) is 23.2 Å². The van der Waals surface area contributed by atoms with Crippen LogP contribution in [0.4, 0.5) is 29.1 Å². The Morgan fingerprint density at radius 3 is 2.53 bits per heavy atom. The molecule has 1 amide bonds. The van der Waals surface area contributed by atoms with Crippen LogP contribution in [-0.2, 0) is 6.18 Å². The second-order valence-electron chi connectivity index (χ2n) is 8.38. The Bertz CT molecular complexity index is 1300. The number of carbonyl (C=O) groups excluding carboxylic acids is 1. The van der Waals surface area contributed by atoms with Crippen LogP contribution < -0.4 is 10.6 Å². The van der Waals surface area contributed by atoms with E-state index >= 15 is 0 Å². The zero-order valence-corrected chi connectivity index (χ0v) is 20.5. The lowest BCUT2D eigenvalue weighted by Crippen LogP contribution is -2.36. The van der Waals surface area contributed by atoms with Gasteiger partial charge in [-0.05, 0) is 55.7 Å². The van der Waals surface area contributed by atoms with Crippen molar-refractivity contribution in [2.75, 3.05) is 5.32 Å². The predicted molar refractivity (Wildman–Crippen MR) is 131 cm³/mol. The van der Waals surface area contributed by atoms with E-state index in [0.717, 1.165) is 31.0 Å². The highest BCUT2D eigenvalue weighted by Crippen LogP contribution is 2.37. The number of alkyl halides is 3. The third-order valence-corrected chi connectivity index (χ3v) is 6.40. The van der Waals surface area contributed by atoms with Crippen LogP contribution in [-0.4, -0.2) is 21.6 Å². The van der Waals surface area contributed by atoms with Gasteiger partial charge in [0.15, 0.2) is 11.5 Å². The molecule has 3 aromatic rings. The zero-order chi connectivity index (χ0) is 26.0. The summed E-state index contributed by atoms with van der Waals surface area (Å²) in [5.41, 5.74) is -0.238. The minimum atomic E-state index is -4.68. The first-order valence-corrected chi connectivity index (χ1v) is 11.8. The first kappa shape index (κ1) is 26.0. The molecule has 0 bridgehead atoms. The molecule has 0 saturated heterocycles. The number of anilines is 1. The number of rotatable bonds is 4. The highest BCUT2D eigenvalue weighted by molar-refractivity contribution is 6.32. The molecule has 1 aromatic heterocycles. The average molecular weight is 542 g/mol. The standard InChI is InChI=1S/C24H21Cl2F4N5O/c1-13-18(7-4-8-19(13)26)22(36)33-23(31-16-10-14(25)9-15(27)11-16)32-21-12-20(24(28,29)30)34-35(21)17-5-2-3-6-17/h4,7-12,17H,2-3,5-6H2,1H3,(H2,31,32,33,36). The molecule has 4 rings (SSSR count). The number of nitrogens with zero attached hydrogens (tertiary/aromatic N) is 3. The van der Waals surface area contributed by atoms with Gasteiger partial charge in [-0.3, -0.25) is 10.1 Å². The molecule has 6 nitrogen and oxygen atoms in total. The number of aromatic nitrogens is 2. The normalized spacial score (nSPS) is 14.8. The summed E-state index contributed by atoms with van der Waals surface area (Å²) in [6.45, 7) is 1.65. The molecule has 0 atom stereocenters. The smallest absolute Gasteiger partial charge is 0.325 e. The number of hydrogen-bond acceptors (Lipinski definition) is 3. The Kier molecular flexibility index (Phi) is 7.56. The second-order valence-corrected chi connectivity index (χ2v) is 9.22. The van der Waals surface area contributed by atoms with Gasteiger partial charge in [-0.25, -0.2) is 9.07 Å². The first-order chi connectivity index (χ1) is 17.0. The number of halogens is 6. The van der Waals surface area contributed by atoms with Crippen LogP contribution >= 0.6 is 23.2 Å². The van der Waals surface area contributed by atoms with Crippen molar-refractivity contribution in [3.05, 3.63) is 75.1 Å². The summed E-state index contributed by atoms with van der Waals surface area (Å²) in [5, 5.41) is 9.50. The molecule has 0 aliphatic heterocycles. The Morgan fingerprint density at radius 2 is 1.86 bits per heavy atom. The minimum Gasteiger partial charge on any atom is -0.325 e. The Balaban J connectivity index is 1.77. The van der Waals surface area contributed by atoms with Crippen LogP contribution in [0.2, 0.25) is 10.0 Å². The molecule has 1 fully saturated rings. The van der Waals surface area contributed by atoms with Crippen molar-refractivity contribution < 1.29 is 22.4 Å². The summed E-state index contributed by atoms with van der Waals surface area (Å²) >= 11 is 12.1. The van der Waals surface area contributed by atoms with Crippen LogP contribution in [0, 0.1) is 12.7 Å². The summed E-state index contributed by atoms with van der Waals surface area (Å²) in [7, 11) is 0. The molecule has 1 aliphatic rings. The van der Waals surface area contributed by atoms with Gasteiger partial charge in [0.1, 0.15) is 5.82 Å². The lowest BCUT2D eigenvalue weighted by molar-refractivity contribution is -0.141. The van der Waals surface area contributed by atoms with E-state index in [2.05, 4.69) is 20.7 Å². The maximum atomic E-state index is 13.9. The number of amides is 1. The predicted octanol–water partition coefficient (Wildman–Crippen LogP) is 7.30. The molecule has 0 spiro atoms. The van der Waals surface area contributed by atoms with Gasteiger partial charge >= 0.3 is 6.18 Å². The zero-order valence-electron chi connectivity index (χ0n) is 19.0. The molecule has 0 unspecified atom stereocenters. The SMILES string of the molecule is Cc1c(Cl)cccc1C(=O)NC(=Nc1cc(C(F)(F)F)nn1C1CCCC1)Nc1cc(F)cc(Cl)c1. The summed E-state index contributed by atoms with van der Waals surface area (Å²) in [4.78, 5) is 17.3. The largest absolute Gasteiger partial charge is 0.435 e. The number of nitrogens with one attached hydrogen (secondary N) is 2. The van der Waals surface area contributed by atoms with E-state index in [1.807, 2.05) is 0 Å². The highest BCUT2D eigenvalue weighted by Gasteiger charge is 2.36. The monoisotopic (exact) mass is 541 g/mol. The van der Waals surface area contributed by atoms with Crippen molar-refractivity contribution in [2.24, 2.45) is 4.99 Å². The molecule has 1 heterocycles. The van der Waals surface area contributed by atoms with Gasteiger partial charge < -0.3 is 5.32 Å². The maximum Gasteiger partial charge on any atom is 0.435 e. The van der Waals surface area contributed by atoms with Gasteiger partial charge in [0.25, 0.3) is 5.91 Å². The molecule has 36 heavy (non-hydrogen) atoms. The maximum absolute atomic E-state index is 13.9. The van der Waals surface area contributed by atoms with Crippen LogP contribution in [0.1, 0.15) is 53.3 Å². The van der Waals surface area contributed by atoms with Gasteiger partial charge in [0.05, 0.1) is 6.04 Å². The first-order valence-electron chi connectivity index (χ1n) is 11.1. The van der Waals surface area contributed by atoms with Crippen molar-refractivity contribution in [3.63, 3.8) is 0 Å². The Morgan fingerprint density at radius 1 is 1.14 bits per heavy atom. The third-order valence-electron chi connectivity index (χ3n) is 5.77. The third kappa shape index (κ3) is 5.99. The lowest BCUT2D eigenvalue weighted by Gasteiger charge is -2.15. The minimum absolute atomic E-state index is 0.0733. The Hall–Kier alpha value is -3.11. The van der Waals surface area contributed by atoms with Gasteiger partial charge in [0, 0.05) is 27.4 Å².